The molecule has 15 nitrogen and oxygen atoms in total. The van der Waals surface area contributed by atoms with Crippen LogP contribution in [0.4, 0.5) is 11.4 Å². The number of rotatable bonds is 12. The second kappa shape index (κ2) is 18.0. The number of nitrogens with zero attached hydrogens (tertiary/aromatic N) is 3. The fourth-order valence-corrected chi connectivity index (χ4v) is 11.9. The van der Waals surface area contributed by atoms with Gasteiger partial charge in [-0.2, -0.15) is 0 Å². The van der Waals surface area contributed by atoms with Gasteiger partial charge in [-0.05, 0) is 94.5 Å². The van der Waals surface area contributed by atoms with Gasteiger partial charge >= 0.3 is 0 Å². The molecule has 5 atom stereocenters. The summed E-state index contributed by atoms with van der Waals surface area (Å²) in [5.41, 5.74) is 2.56. The van der Waals surface area contributed by atoms with Gasteiger partial charge in [0.2, 0.25) is 31.9 Å². The van der Waals surface area contributed by atoms with E-state index in [1.54, 1.807) is 43.2 Å². The Bertz CT molecular complexity index is 2770. The number of ketones is 1. The first-order valence-corrected chi connectivity index (χ1v) is 26.6. The number of Topliss-reactive ketones (excluding diaryl/α,β-unsaturated/α-hetero) is 1. The molecule has 2 saturated carbocycles. The van der Waals surface area contributed by atoms with Gasteiger partial charge in [0, 0.05) is 40.9 Å². The van der Waals surface area contributed by atoms with Crippen molar-refractivity contribution in [1.29, 1.82) is 0 Å². The molecule has 0 bridgehead atoms. The monoisotopic (exact) mass is 946 g/mol. The van der Waals surface area contributed by atoms with E-state index in [-0.39, 0.29) is 42.9 Å². The van der Waals surface area contributed by atoms with E-state index in [4.69, 9.17) is 19.4 Å². The van der Waals surface area contributed by atoms with Crippen LogP contribution < -0.4 is 24.2 Å². The number of sulfonamides is 2. The normalized spacial score (nSPS) is 25.2. The maximum absolute atomic E-state index is 15.1. The number of hydrogen-bond acceptors (Lipinski definition) is 13. The van der Waals surface area contributed by atoms with Crippen LogP contribution in [-0.2, 0) is 34.4 Å². The molecule has 1 saturated heterocycles. The average Bonchev–Trinajstić information content (AvgIpc) is 4.02. The summed E-state index contributed by atoms with van der Waals surface area (Å²) < 4.78 is 67.3. The predicted molar refractivity (Wildman–Crippen MR) is 252 cm³/mol. The lowest BCUT2D eigenvalue weighted by atomic mass is 9.91. The van der Waals surface area contributed by atoms with E-state index >= 15 is 4.79 Å². The molecule has 2 aliphatic heterocycles. The van der Waals surface area contributed by atoms with Crippen LogP contribution in [0.1, 0.15) is 102 Å². The number of carbonyl (C=O) groups excluding carboxylic acids is 3. The number of aryl methyl sites for hydroxylation is 1. The molecule has 4 aromatic rings. The summed E-state index contributed by atoms with van der Waals surface area (Å²) in [5.74, 6) is -0.374. The van der Waals surface area contributed by atoms with Crippen molar-refractivity contribution in [3.05, 3.63) is 71.3 Å². The van der Waals surface area contributed by atoms with Gasteiger partial charge in [0.15, 0.2) is 5.78 Å². The van der Waals surface area contributed by atoms with Gasteiger partial charge in [-0.15, -0.1) is 11.3 Å². The second-order valence-corrected chi connectivity index (χ2v) is 23.5. The summed E-state index contributed by atoms with van der Waals surface area (Å²) in [4.78, 5) is 55.7. The molecule has 0 spiro atoms. The number of fused-ring (bicyclic) bond motifs is 3. The number of hydrogen-bond donors (Lipinski definition) is 3. The number of ether oxygens (including phenoxy) is 2. The molecule has 2 aromatic carbocycles. The maximum atomic E-state index is 15.1. The quantitative estimate of drug-likeness (QED) is 0.118. The highest BCUT2D eigenvalue weighted by Gasteiger charge is 2.62. The van der Waals surface area contributed by atoms with Crippen molar-refractivity contribution in [2.24, 2.45) is 11.3 Å². The summed E-state index contributed by atoms with van der Waals surface area (Å²) >= 11 is 1.48. The highest BCUT2D eigenvalue weighted by atomic mass is 32.2. The number of thiazole rings is 1. The Morgan fingerprint density at radius 2 is 1.77 bits per heavy atom. The molecule has 8 rings (SSSR count). The molecule has 2 amide bonds. The number of benzene rings is 2. The lowest BCUT2D eigenvalue weighted by Crippen LogP contribution is -2.49. The van der Waals surface area contributed by atoms with Crippen molar-refractivity contribution in [2.75, 3.05) is 29.9 Å². The minimum Gasteiger partial charge on any atom is -0.496 e. The number of methoxy groups -OCH3 is 1. The van der Waals surface area contributed by atoms with Crippen LogP contribution in [0.5, 0.6) is 11.5 Å². The molecule has 65 heavy (non-hydrogen) atoms. The third kappa shape index (κ3) is 9.90. The zero-order valence-electron chi connectivity index (χ0n) is 37.7. The van der Waals surface area contributed by atoms with Crippen molar-refractivity contribution in [2.45, 2.75) is 121 Å². The third-order valence-electron chi connectivity index (χ3n) is 13.4. The fraction of sp³-hybridized carbons (Fsp3) is 0.511. The van der Waals surface area contributed by atoms with E-state index in [0.29, 0.717) is 76.6 Å². The summed E-state index contributed by atoms with van der Waals surface area (Å²) in [6, 6.07) is 10.4. The largest absolute Gasteiger partial charge is 0.496 e. The summed E-state index contributed by atoms with van der Waals surface area (Å²) in [6.07, 6.45) is 8.83. The first-order chi connectivity index (χ1) is 30.8. The SMILES string of the molecule is COc1ccc2c(O[C@@H]3C[C@H]4C(=O)C[C@]5(C(=O)NS(=O)(=O)C6(C)CC6)C[C@@H]5/C=C\CCCCC[C@H](Nc5cccc(NS(C)(=O)=O)c5)C(=O)N4C3)cc(-c3nc(C(C)C)cs3)nc2c1C. The minimum atomic E-state index is -3.98. The maximum Gasteiger partial charge on any atom is 0.245 e. The molecule has 4 heterocycles. The first kappa shape index (κ1) is 46.5. The lowest BCUT2D eigenvalue weighted by Gasteiger charge is -2.30. The van der Waals surface area contributed by atoms with Crippen LogP contribution in [0.25, 0.3) is 21.6 Å². The van der Waals surface area contributed by atoms with E-state index in [9.17, 15) is 26.4 Å². The van der Waals surface area contributed by atoms with Gasteiger partial charge in [0.05, 0.1) is 53.0 Å². The Morgan fingerprint density at radius 1 is 1.00 bits per heavy atom. The predicted octanol–water partition coefficient (Wildman–Crippen LogP) is 7.48. The Balaban J connectivity index is 1.16. The van der Waals surface area contributed by atoms with Crippen LogP contribution >= 0.6 is 11.3 Å². The topological polar surface area (TPSA) is 203 Å². The summed E-state index contributed by atoms with van der Waals surface area (Å²) in [7, 11) is -5.96. The van der Waals surface area contributed by atoms with E-state index in [1.165, 1.54) is 11.3 Å². The number of pyridine rings is 1. The molecule has 2 aromatic heterocycles. The molecule has 18 heteroatoms. The Kier molecular flexibility index (Phi) is 12.8. The standard InChI is InChI=1S/C47H58N6O9S3/c1-28(2)37-27-63-43(50-37)36-23-41(34-17-18-40(61-5)29(3)42(34)49-36)62-33-22-38-39(54)25-47(45(56)52-65(59,60)46(4)19-20-46)24-30(47)13-10-8-7-9-11-16-35(44(55)53(38)26-33)48-31-14-12-15-32(21-31)51-64(6,57)58/h10,12-15,17-18,21,23,27-28,30,33,35,38,48,51H,7-9,11,16,19-20,22,24-26H2,1-6H3,(H,52,56)/b13-10-/t30-,33+,35-,38-,47+/m0/s1. The van der Waals surface area contributed by atoms with Crippen molar-refractivity contribution in [3.63, 3.8) is 0 Å². The van der Waals surface area contributed by atoms with Crippen LogP contribution in [0.15, 0.2) is 60.0 Å². The highest BCUT2D eigenvalue weighted by molar-refractivity contribution is 7.92. The van der Waals surface area contributed by atoms with Crippen molar-refractivity contribution in [1.82, 2.24) is 19.6 Å². The smallest absolute Gasteiger partial charge is 0.245 e. The average molecular weight is 947 g/mol. The third-order valence-corrected chi connectivity index (χ3v) is 17.0. The first-order valence-electron chi connectivity index (χ1n) is 22.3. The fourth-order valence-electron chi connectivity index (χ4n) is 9.03. The number of amides is 2. The van der Waals surface area contributed by atoms with E-state index in [1.807, 2.05) is 42.7 Å². The molecule has 3 fully saturated rings. The van der Waals surface area contributed by atoms with Crippen molar-refractivity contribution >= 4 is 71.3 Å². The van der Waals surface area contributed by atoms with Gasteiger partial charge < -0.3 is 19.7 Å². The number of nitrogens with one attached hydrogen (secondary N) is 3. The molecule has 2 aliphatic carbocycles. The van der Waals surface area contributed by atoms with Crippen molar-refractivity contribution in [3.8, 4) is 22.2 Å². The Hall–Kier alpha value is -5.07. The lowest BCUT2D eigenvalue weighted by molar-refractivity contribution is -0.139. The Labute approximate surface area is 385 Å². The molecule has 348 valence electrons. The molecule has 0 radical (unpaired) electrons. The van der Waals surface area contributed by atoms with E-state index in [2.05, 4.69) is 28.6 Å². The van der Waals surface area contributed by atoms with Gasteiger partial charge in [-0.25, -0.2) is 26.8 Å². The molecular weight excluding hydrogens is 889 g/mol. The van der Waals surface area contributed by atoms with Gasteiger partial charge in [0.1, 0.15) is 34.3 Å². The zero-order valence-corrected chi connectivity index (χ0v) is 40.1. The number of aromatic nitrogens is 2. The molecule has 3 N–H and O–H groups in total. The number of anilines is 2. The zero-order chi connectivity index (χ0) is 46.5. The Morgan fingerprint density at radius 3 is 2.48 bits per heavy atom. The number of allylic oxidation sites excluding steroid dienone is 2. The molecular formula is C47H58N6O9S3. The van der Waals surface area contributed by atoms with E-state index < -0.39 is 54.3 Å². The van der Waals surface area contributed by atoms with Gasteiger partial charge in [0.25, 0.3) is 0 Å². The van der Waals surface area contributed by atoms with Gasteiger partial charge in [-0.3, -0.25) is 23.8 Å². The highest BCUT2D eigenvalue weighted by Crippen LogP contribution is 2.58. The van der Waals surface area contributed by atoms with Gasteiger partial charge in [-0.1, -0.05) is 44.9 Å². The molecule has 4 aliphatic rings. The van der Waals surface area contributed by atoms with Crippen LogP contribution in [0.3, 0.4) is 0 Å². The van der Waals surface area contributed by atoms with Crippen LogP contribution in [0.2, 0.25) is 0 Å². The van der Waals surface area contributed by atoms with E-state index in [0.717, 1.165) is 36.8 Å². The summed E-state index contributed by atoms with van der Waals surface area (Å²) in [5, 5.41) is 6.80. The number of carbonyl (C=O) groups is 3. The van der Waals surface area contributed by atoms with Crippen molar-refractivity contribution < 1.29 is 40.7 Å². The van der Waals surface area contributed by atoms with Crippen LogP contribution in [-0.4, -0.2) is 92.1 Å². The minimum absolute atomic E-state index is 0.0430. The molecule has 0 unspecified atom stereocenters. The van der Waals surface area contributed by atoms with Crippen LogP contribution in [0, 0.1) is 18.3 Å². The summed E-state index contributed by atoms with van der Waals surface area (Å²) in [6.45, 7) is 7.74. The second-order valence-electron chi connectivity index (χ2n) is 18.7.